The molecule has 18 heavy (non-hydrogen) atoms. The lowest BCUT2D eigenvalue weighted by molar-refractivity contribution is -0.273. The third-order valence-electron chi connectivity index (χ3n) is 3.33. The molecule has 0 aromatic carbocycles. The van der Waals surface area contributed by atoms with Gasteiger partial charge in [0.1, 0.15) is 23.6 Å². The van der Waals surface area contributed by atoms with E-state index >= 15 is 0 Å². The van der Waals surface area contributed by atoms with E-state index < -0.39 is 51.9 Å². The predicted octanol–water partition coefficient (Wildman–Crippen LogP) is -0.683. The molecule has 102 valence electrons. The molecule has 0 saturated carbocycles. The van der Waals surface area contributed by atoms with Crippen molar-refractivity contribution in [3.05, 3.63) is 0 Å². The Kier molecular flexibility index (Phi) is 2.29. The highest BCUT2D eigenvalue weighted by Crippen LogP contribution is 2.48. The molecule has 10 heteroatoms. The standard InChI is InChI=1S/C8H8F2O7S/c9-8(10,7(11)12)16-4-2-1-3-5(15-2)6(4)17-18(3,13)14/h2-6H,1H2,(H,11,12). The van der Waals surface area contributed by atoms with E-state index in [0.29, 0.717) is 0 Å². The lowest BCUT2D eigenvalue weighted by atomic mass is 9.94. The van der Waals surface area contributed by atoms with Crippen molar-refractivity contribution in [3.63, 3.8) is 0 Å². The van der Waals surface area contributed by atoms with Crippen LogP contribution < -0.4 is 0 Å². The molecular weight excluding hydrogens is 278 g/mol. The maximum Gasteiger partial charge on any atom is 0.456 e. The van der Waals surface area contributed by atoms with Crippen molar-refractivity contribution in [2.75, 3.05) is 0 Å². The largest absolute Gasteiger partial charge is 0.475 e. The molecule has 0 aliphatic carbocycles. The van der Waals surface area contributed by atoms with Crippen molar-refractivity contribution in [3.8, 4) is 0 Å². The first-order valence-electron chi connectivity index (χ1n) is 5.09. The average Bonchev–Trinajstić information content (AvgIpc) is 2.81. The number of halogens is 2. The van der Waals surface area contributed by atoms with Crippen LogP contribution in [0.2, 0.25) is 0 Å². The van der Waals surface area contributed by atoms with Crippen LogP contribution in [0.4, 0.5) is 8.78 Å². The monoisotopic (exact) mass is 286 g/mol. The van der Waals surface area contributed by atoms with Gasteiger partial charge in [-0.2, -0.15) is 17.2 Å². The van der Waals surface area contributed by atoms with Crippen LogP contribution in [-0.4, -0.2) is 55.3 Å². The lowest BCUT2D eigenvalue weighted by Crippen LogP contribution is -2.46. The third-order valence-corrected chi connectivity index (χ3v) is 5.02. The number of carbonyl (C=O) groups is 1. The van der Waals surface area contributed by atoms with E-state index in [1.807, 2.05) is 0 Å². The average molecular weight is 286 g/mol. The van der Waals surface area contributed by atoms with Crippen molar-refractivity contribution < 1.29 is 40.8 Å². The van der Waals surface area contributed by atoms with Crippen LogP contribution in [-0.2, 0) is 28.6 Å². The molecule has 0 aromatic heterocycles. The van der Waals surface area contributed by atoms with Crippen molar-refractivity contribution >= 4 is 16.1 Å². The summed E-state index contributed by atoms with van der Waals surface area (Å²) in [4.78, 5) is 10.3. The molecule has 0 radical (unpaired) electrons. The van der Waals surface area contributed by atoms with Gasteiger partial charge in [0.05, 0.1) is 6.10 Å². The minimum Gasteiger partial charge on any atom is -0.475 e. The van der Waals surface area contributed by atoms with E-state index in [4.69, 9.17) is 9.84 Å². The van der Waals surface area contributed by atoms with Gasteiger partial charge in [0, 0.05) is 0 Å². The summed E-state index contributed by atoms with van der Waals surface area (Å²) >= 11 is 0. The Bertz CT molecular complexity index is 504. The number of carboxylic acid groups (broad SMARTS) is 1. The zero-order chi connectivity index (χ0) is 13.3. The molecule has 3 fully saturated rings. The lowest BCUT2D eigenvalue weighted by Gasteiger charge is -2.24. The second-order valence-corrected chi connectivity index (χ2v) is 6.15. The summed E-state index contributed by atoms with van der Waals surface area (Å²) in [5.74, 6) is -2.44. The molecule has 0 spiro atoms. The van der Waals surface area contributed by atoms with Gasteiger partial charge in [0.25, 0.3) is 10.1 Å². The van der Waals surface area contributed by atoms with Crippen LogP contribution in [0.25, 0.3) is 0 Å². The van der Waals surface area contributed by atoms with Crippen LogP contribution in [0.5, 0.6) is 0 Å². The van der Waals surface area contributed by atoms with Gasteiger partial charge in [-0.25, -0.2) is 4.79 Å². The zero-order valence-electron chi connectivity index (χ0n) is 8.65. The molecule has 0 aromatic rings. The molecule has 3 aliphatic rings. The fourth-order valence-electron chi connectivity index (χ4n) is 2.59. The summed E-state index contributed by atoms with van der Waals surface area (Å²) in [7, 11) is -3.84. The molecule has 3 rings (SSSR count). The number of hydrogen-bond acceptors (Lipinski definition) is 6. The normalized spacial score (nSPS) is 44.4. The number of ether oxygens (including phenoxy) is 2. The number of hydrogen-bond donors (Lipinski definition) is 1. The van der Waals surface area contributed by atoms with Crippen LogP contribution in [0, 0.1) is 0 Å². The second kappa shape index (κ2) is 3.38. The number of aliphatic carboxylic acids is 1. The predicted molar refractivity (Wildman–Crippen MR) is 48.3 cm³/mol. The zero-order valence-corrected chi connectivity index (χ0v) is 9.47. The van der Waals surface area contributed by atoms with Crippen LogP contribution in [0.3, 0.4) is 0 Å². The Hall–Kier alpha value is -0.840. The molecule has 5 atom stereocenters. The first-order chi connectivity index (χ1) is 8.22. The number of fused-ring (bicyclic) bond motifs is 1. The van der Waals surface area contributed by atoms with Crippen molar-refractivity contribution in [2.24, 2.45) is 0 Å². The Morgan fingerprint density at radius 2 is 2.06 bits per heavy atom. The van der Waals surface area contributed by atoms with Gasteiger partial charge in [0.15, 0.2) is 0 Å². The highest BCUT2D eigenvalue weighted by Gasteiger charge is 2.68. The van der Waals surface area contributed by atoms with Gasteiger partial charge in [-0.3, -0.25) is 4.18 Å². The SMILES string of the molecule is O=C(O)C(F)(F)OC1C2CC3C(O2)C1OS3(=O)=O. The summed E-state index contributed by atoms with van der Waals surface area (Å²) in [6, 6.07) is 0. The topological polar surface area (TPSA) is 99.1 Å². The Morgan fingerprint density at radius 1 is 1.39 bits per heavy atom. The number of alkyl halides is 2. The third kappa shape index (κ3) is 1.49. The number of rotatable bonds is 3. The smallest absolute Gasteiger partial charge is 0.456 e. The second-order valence-electron chi connectivity index (χ2n) is 4.37. The summed E-state index contributed by atoms with van der Waals surface area (Å²) < 4.78 is 62.8. The van der Waals surface area contributed by atoms with E-state index in [-0.39, 0.29) is 6.42 Å². The van der Waals surface area contributed by atoms with E-state index in [1.54, 1.807) is 0 Å². The summed E-state index contributed by atoms with van der Waals surface area (Å²) in [6.45, 7) is 0. The van der Waals surface area contributed by atoms with Crippen molar-refractivity contribution in [1.29, 1.82) is 0 Å². The molecule has 0 amide bonds. The van der Waals surface area contributed by atoms with E-state index in [0.717, 1.165) is 0 Å². The first-order valence-corrected chi connectivity index (χ1v) is 6.56. The summed E-state index contributed by atoms with van der Waals surface area (Å²) in [5.41, 5.74) is 0. The highest BCUT2D eigenvalue weighted by atomic mass is 32.2. The highest BCUT2D eigenvalue weighted by molar-refractivity contribution is 7.87. The Morgan fingerprint density at radius 3 is 2.67 bits per heavy atom. The summed E-state index contributed by atoms with van der Waals surface area (Å²) in [5, 5.41) is 7.40. The fourth-order valence-corrected chi connectivity index (χ4v) is 4.23. The fraction of sp³-hybridized carbons (Fsp3) is 0.875. The molecule has 3 heterocycles. The van der Waals surface area contributed by atoms with Gasteiger partial charge in [-0.15, -0.1) is 0 Å². The molecule has 2 bridgehead atoms. The Balaban J connectivity index is 1.84. The Labute approximate surface area is 99.7 Å². The quantitative estimate of drug-likeness (QED) is 0.686. The van der Waals surface area contributed by atoms with Gasteiger partial charge in [-0.05, 0) is 6.42 Å². The maximum absolute atomic E-state index is 13.0. The molecular formula is C8H8F2O7S. The molecule has 3 aliphatic heterocycles. The molecule has 1 N–H and O–H groups in total. The van der Waals surface area contributed by atoms with Gasteiger partial charge in [-0.1, -0.05) is 0 Å². The van der Waals surface area contributed by atoms with Gasteiger partial charge < -0.3 is 14.6 Å². The minimum atomic E-state index is -4.40. The summed E-state index contributed by atoms with van der Waals surface area (Å²) in [6.07, 6.45) is -8.74. The van der Waals surface area contributed by atoms with Crippen molar-refractivity contribution in [1.82, 2.24) is 0 Å². The molecule has 3 saturated heterocycles. The maximum atomic E-state index is 13.0. The first kappa shape index (κ1) is 12.2. The van der Waals surface area contributed by atoms with E-state index in [9.17, 15) is 22.0 Å². The minimum absolute atomic E-state index is 0.0239. The van der Waals surface area contributed by atoms with Gasteiger partial charge >= 0.3 is 12.1 Å². The van der Waals surface area contributed by atoms with E-state index in [2.05, 4.69) is 8.92 Å². The molecule has 7 nitrogen and oxygen atoms in total. The van der Waals surface area contributed by atoms with Crippen LogP contribution in [0.15, 0.2) is 0 Å². The van der Waals surface area contributed by atoms with Crippen LogP contribution >= 0.6 is 0 Å². The van der Waals surface area contributed by atoms with Crippen LogP contribution in [0.1, 0.15) is 6.42 Å². The van der Waals surface area contributed by atoms with E-state index in [1.165, 1.54) is 0 Å². The van der Waals surface area contributed by atoms with Crippen molar-refractivity contribution in [2.45, 2.75) is 42.2 Å². The molecule has 5 unspecified atom stereocenters. The number of carboxylic acids is 1. The van der Waals surface area contributed by atoms with Gasteiger partial charge in [0.2, 0.25) is 0 Å².